The predicted octanol–water partition coefficient (Wildman–Crippen LogP) is 2.81. The summed E-state index contributed by atoms with van der Waals surface area (Å²) in [5, 5.41) is 0. The van der Waals surface area contributed by atoms with E-state index in [1.165, 1.54) is 6.07 Å². The van der Waals surface area contributed by atoms with E-state index in [1.54, 1.807) is 13.0 Å². The van der Waals surface area contributed by atoms with E-state index in [-0.39, 0.29) is 5.82 Å². The van der Waals surface area contributed by atoms with E-state index >= 15 is 0 Å². The molecule has 1 aromatic heterocycles. The van der Waals surface area contributed by atoms with Crippen molar-refractivity contribution in [2.75, 3.05) is 10.5 Å². The first kappa shape index (κ1) is 15.6. The van der Waals surface area contributed by atoms with Crippen molar-refractivity contribution in [2.24, 2.45) is 0 Å². The fraction of sp³-hybridized carbons (Fsp3) is 0.0833. The largest absolute Gasteiger partial charge is 0.394 e. The molecule has 0 saturated carbocycles. The summed E-state index contributed by atoms with van der Waals surface area (Å²) >= 11 is 3.23. The molecule has 1 aromatic carbocycles. The van der Waals surface area contributed by atoms with Gasteiger partial charge in [-0.1, -0.05) is 0 Å². The molecule has 2 aromatic rings. The first-order valence-electron chi connectivity index (χ1n) is 5.62. The number of halogens is 3. The van der Waals surface area contributed by atoms with Crippen LogP contribution in [0.2, 0.25) is 0 Å². The van der Waals surface area contributed by atoms with Gasteiger partial charge in [0, 0.05) is 4.47 Å². The Kier molecular flexibility index (Phi) is 4.15. The summed E-state index contributed by atoms with van der Waals surface area (Å²) < 4.78 is 53.9. The lowest BCUT2D eigenvalue weighted by Crippen LogP contribution is -2.17. The van der Waals surface area contributed by atoms with Crippen molar-refractivity contribution in [3.05, 3.63) is 46.1 Å². The minimum absolute atomic E-state index is 0.0120. The number of anilines is 2. The van der Waals surface area contributed by atoms with Crippen LogP contribution in [0.3, 0.4) is 0 Å². The van der Waals surface area contributed by atoms with Crippen molar-refractivity contribution >= 4 is 37.5 Å². The minimum atomic E-state index is -4.26. The second-order valence-electron chi connectivity index (χ2n) is 4.14. The zero-order valence-corrected chi connectivity index (χ0v) is 13.1. The number of sulfonamides is 1. The van der Waals surface area contributed by atoms with E-state index in [0.29, 0.717) is 10.2 Å². The Morgan fingerprint density at radius 3 is 2.52 bits per heavy atom. The second kappa shape index (κ2) is 5.57. The third kappa shape index (κ3) is 3.13. The van der Waals surface area contributed by atoms with Crippen LogP contribution in [-0.4, -0.2) is 13.4 Å². The number of nitrogens with one attached hydrogen (secondary N) is 1. The number of hydrogen-bond donors (Lipinski definition) is 2. The summed E-state index contributed by atoms with van der Waals surface area (Å²) in [7, 11) is -4.26. The van der Waals surface area contributed by atoms with E-state index in [9.17, 15) is 17.2 Å². The molecule has 0 radical (unpaired) electrons. The van der Waals surface area contributed by atoms with Crippen LogP contribution in [0.1, 0.15) is 5.69 Å². The van der Waals surface area contributed by atoms with Gasteiger partial charge in [0.15, 0.2) is 5.82 Å². The topological polar surface area (TPSA) is 85.1 Å². The molecule has 0 aliphatic carbocycles. The SMILES string of the molecule is Cc1nc(NS(=O)(=O)c2ccc(F)c(N)c2F)ccc1Br. The first-order chi connectivity index (χ1) is 9.72. The fourth-order valence-electron chi connectivity index (χ4n) is 1.55. The molecule has 112 valence electrons. The van der Waals surface area contributed by atoms with Gasteiger partial charge in [-0.15, -0.1) is 0 Å². The highest BCUT2D eigenvalue weighted by Gasteiger charge is 2.23. The number of nitrogen functional groups attached to an aromatic ring is 1. The van der Waals surface area contributed by atoms with Gasteiger partial charge in [0.05, 0.1) is 5.69 Å². The lowest BCUT2D eigenvalue weighted by atomic mass is 10.3. The maximum Gasteiger partial charge on any atom is 0.266 e. The highest BCUT2D eigenvalue weighted by molar-refractivity contribution is 9.10. The Morgan fingerprint density at radius 2 is 1.90 bits per heavy atom. The standard InChI is InChI=1S/C12H10BrF2N3O2S/c1-6-7(13)2-5-10(17-6)18-21(19,20)9-4-3-8(14)12(16)11(9)15/h2-5H,16H2,1H3,(H,17,18). The average molecular weight is 378 g/mol. The lowest BCUT2D eigenvalue weighted by molar-refractivity contribution is 0.557. The van der Waals surface area contributed by atoms with Crippen molar-refractivity contribution in [2.45, 2.75) is 11.8 Å². The molecule has 0 bridgehead atoms. The van der Waals surface area contributed by atoms with E-state index < -0.39 is 32.2 Å². The molecule has 0 aliphatic rings. The van der Waals surface area contributed by atoms with E-state index in [4.69, 9.17) is 5.73 Å². The maximum absolute atomic E-state index is 13.8. The smallest absolute Gasteiger partial charge is 0.266 e. The molecule has 21 heavy (non-hydrogen) atoms. The summed E-state index contributed by atoms with van der Waals surface area (Å²) in [5.74, 6) is -2.35. The number of aryl methyl sites for hydroxylation is 1. The fourth-order valence-corrected chi connectivity index (χ4v) is 2.86. The number of benzene rings is 1. The molecule has 9 heteroatoms. The zero-order valence-electron chi connectivity index (χ0n) is 10.7. The summed E-state index contributed by atoms with van der Waals surface area (Å²) in [5.41, 5.74) is 4.85. The van der Waals surface area contributed by atoms with Crippen LogP contribution in [0, 0.1) is 18.6 Å². The number of nitrogens with zero attached hydrogens (tertiary/aromatic N) is 1. The van der Waals surface area contributed by atoms with Gasteiger partial charge in [-0.05, 0) is 47.1 Å². The maximum atomic E-state index is 13.8. The summed E-state index contributed by atoms with van der Waals surface area (Å²) in [6, 6.07) is 4.58. The van der Waals surface area contributed by atoms with Gasteiger partial charge in [-0.2, -0.15) is 0 Å². The highest BCUT2D eigenvalue weighted by atomic mass is 79.9. The van der Waals surface area contributed by atoms with E-state index in [2.05, 4.69) is 25.6 Å². The van der Waals surface area contributed by atoms with Crippen molar-refractivity contribution in [1.82, 2.24) is 4.98 Å². The molecule has 2 rings (SSSR count). The molecule has 0 aliphatic heterocycles. The van der Waals surface area contributed by atoms with Crippen LogP contribution in [0.15, 0.2) is 33.6 Å². The Balaban J connectivity index is 2.43. The van der Waals surface area contributed by atoms with Crippen LogP contribution >= 0.6 is 15.9 Å². The zero-order chi connectivity index (χ0) is 15.8. The molecule has 3 N–H and O–H groups in total. The van der Waals surface area contributed by atoms with Crippen molar-refractivity contribution < 1.29 is 17.2 Å². The predicted molar refractivity (Wildman–Crippen MR) is 78.3 cm³/mol. The summed E-state index contributed by atoms with van der Waals surface area (Å²) in [6.07, 6.45) is 0. The Morgan fingerprint density at radius 1 is 1.24 bits per heavy atom. The second-order valence-corrected chi connectivity index (χ2v) is 6.65. The normalized spacial score (nSPS) is 11.4. The van der Waals surface area contributed by atoms with Crippen LogP contribution in [0.5, 0.6) is 0 Å². The van der Waals surface area contributed by atoms with Gasteiger partial charge in [0.1, 0.15) is 22.2 Å². The van der Waals surface area contributed by atoms with E-state index in [1.807, 2.05) is 0 Å². The van der Waals surface area contributed by atoms with Crippen molar-refractivity contribution in [3.63, 3.8) is 0 Å². The molecule has 0 saturated heterocycles. The highest BCUT2D eigenvalue weighted by Crippen LogP contribution is 2.25. The van der Waals surface area contributed by atoms with Gasteiger partial charge in [-0.3, -0.25) is 4.72 Å². The Hall–Kier alpha value is -1.74. The van der Waals surface area contributed by atoms with Crippen LogP contribution in [0.4, 0.5) is 20.3 Å². The number of nitrogens with two attached hydrogens (primary N) is 1. The Bertz CT molecular complexity index is 812. The quantitative estimate of drug-likeness (QED) is 0.805. The first-order valence-corrected chi connectivity index (χ1v) is 7.89. The number of aromatic nitrogens is 1. The molecule has 0 fully saturated rings. The number of pyridine rings is 1. The molecule has 0 unspecified atom stereocenters. The van der Waals surface area contributed by atoms with Gasteiger partial charge in [0.25, 0.3) is 10.0 Å². The van der Waals surface area contributed by atoms with E-state index in [0.717, 1.165) is 12.1 Å². The van der Waals surface area contributed by atoms with Gasteiger partial charge in [-0.25, -0.2) is 22.2 Å². The summed E-state index contributed by atoms with van der Waals surface area (Å²) in [6.45, 7) is 1.67. The van der Waals surface area contributed by atoms with Crippen molar-refractivity contribution in [1.29, 1.82) is 0 Å². The molecule has 0 amide bonds. The average Bonchev–Trinajstić information content (AvgIpc) is 2.39. The monoisotopic (exact) mass is 377 g/mol. The third-order valence-electron chi connectivity index (χ3n) is 2.64. The Labute approximate surface area is 128 Å². The molecular formula is C12H10BrF2N3O2S. The lowest BCUT2D eigenvalue weighted by Gasteiger charge is -2.10. The minimum Gasteiger partial charge on any atom is -0.394 e. The van der Waals surface area contributed by atoms with Gasteiger partial charge >= 0.3 is 0 Å². The molecule has 0 atom stereocenters. The van der Waals surface area contributed by atoms with Crippen LogP contribution in [0.25, 0.3) is 0 Å². The van der Waals surface area contributed by atoms with Crippen LogP contribution in [-0.2, 0) is 10.0 Å². The van der Waals surface area contributed by atoms with Crippen molar-refractivity contribution in [3.8, 4) is 0 Å². The molecule has 5 nitrogen and oxygen atoms in total. The molecular weight excluding hydrogens is 368 g/mol. The molecule has 1 heterocycles. The molecule has 0 spiro atoms. The summed E-state index contributed by atoms with van der Waals surface area (Å²) in [4.78, 5) is 3.24. The number of hydrogen-bond acceptors (Lipinski definition) is 4. The number of rotatable bonds is 3. The van der Waals surface area contributed by atoms with Gasteiger partial charge in [0.2, 0.25) is 0 Å². The third-order valence-corrected chi connectivity index (χ3v) is 4.85. The van der Waals surface area contributed by atoms with Gasteiger partial charge < -0.3 is 5.73 Å². The van der Waals surface area contributed by atoms with Crippen LogP contribution < -0.4 is 10.5 Å².